The van der Waals surface area contributed by atoms with E-state index in [2.05, 4.69) is 10.4 Å². The number of piperidine rings is 1. The van der Waals surface area contributed by atoms with E-state index >= 15 is 0 Å². The van der Waals surface area contributed by atoms with Crippen molar-refractivity contribution in [1.29, 1.82) is 0 Å². The molecule has 8 heteroatoms. The number of likely N-dealkylation sites (tertiary alicyclic amines) is 1. The molecule has 1 aromatic heterocycles. The summed E-state index contributed by atoms with van der Waals surface area (Å²) in [6, 6.07) is 7.51. The van der Waals surface area contributed by atoms with Crippen LogP contribution in [0.15, 0.2) is 35.1 Å². The number of hydrogen-bond donors (Lipinski definition) is 1. The molecular weight excluding hydrogens is 351 g/mol. The molecule has 27 heavy (non-hydrogen) atoms. The predicted octanol–water partition coefficient (Wildman–Crippen LogP) is 2.56. The number of anilines is 1. The largest absolute Gasteiger partial charge is 0.490 e. The number of aryl methyl sites for hydroxylation is 2. The van der Waals surface area contributed by atoms with E-state index in [0.717, 1.165) is 0 Å². The third-order valence-electron chi connectivity index (χ3n) is 4.63. The number of hydrogen-bond acceptors (Lipinski definition) is 4. The molecule has 0 atom stereocenters. The van der Waals surface area contributed by atoms with Crippen LogP contribution in [0.4, 0.5) is 15.0 Å². The fraction of sp³-hybridized carbons (Fsp3) is 0.421. The van der Waals surface area contributed by atoms with Gasteiger partial charge < -0.3 is 9.64 Å². The summed E-state index contributed by atoms with van der Waals surface area (Å²) in [5.41, 5.74) is 0.426. The lowest BCUT2D eigenvalue weighted by Gasteiger charge is -2.32. The molecule has 1 saturated heterocycles. The molecule has 7 nitrogen and oxygen atoms in total. The van der Waals surface area contributed by atoms with Crippen LogP contribution >= 0.6 is 0 Å². The van der Waals surface area contributed by atoms with Gasteiger partial charge in [-0.15, -0.1) is 0 Å². The van der Waals surface area contributed by atoms with Crippen molar-refractivity contribution in [2.24, 2.45) is 7.05 Å². The van der Waals surface area contributed by atoms with E-state index in [1.54, 1.807) is 17.0 Å². The maximum Gasteiger partial charge on any atom is 0.323 e. The predicted molar refractivity (Wildman–Crippen MR) is 99.5 cm³/mol. The third kappa shape index (κ3) is 4.64. The standard InChI is InChI=1S/C19H23FN4O3/c1-3-13-4-5-15(12-16(13)20)27-14-8-10-24(11-9-14)19(26)21-17-6-7-18(25)23(2)22-17/h4-7,12,14H,3,8-11H2,1-2H3,(H,21,22,26). The summed E-state index contributed by atoms with van der Waals surface area (Å²) >= 11 is 0. The van der Waals surface area contributed by atoms with E-state index in [4.69, 9.17) is 4.74 Å². The van der Waals surface area contributed by atoms with Gasteiger partial charge in [0, 0.05) is 45.1 Å². The Bertz CT molecular complexity index is 875. The van der Waals surface area contributed by atoms with E-state index in [1.807, 2.05) is 6.92 Å². The third-order valence-corrected chi connectivity index (χ3v) is 4.63. The minimum atomic E-state index is -0.266. The van der Waals surface area contributed by atoms with Gasteiger partial charge >= 0.3 is 6.03 Å². The topological polar surface area (TPSA) is 76.5 Å². The van der Waals surface area contributed by atoms with Gasteiger partial charge in [-0.3, -0.25) is 10.1 Å². The first-order valence-electron chi connectivity index (χ1n) is 9.01. The van der Waals surface area contributed by atoms with Gasteiger partial charge in [0.1, 0.15) is 17.7 Å². The van der Waals surface area contributed by atoms with Crippen LogP contribution in [-0.2, 0) is 13.5 Å². The molecule has 2 amide bonds. The summed E-state index contributed by atoms with van der Waals surface area (Å²) < 4.78 is 20.9. The van der Waals surface area contributed by atoms with Gasteiger partial charge in [0.25, 0.3) is 5.56 Å². The minimum absolute atomic E-state index is 0.0587. The van der Waals surface area contributed by atoms with Crippen LogP contribution in [0.5, 0.6) is 5.75 Å². The maximum absolute atomic E-state index is 13.9. The molecule has 2 aromatic rings. The lowest BCUT2D eigenvalue weighted by molar-refractivity contribution is 0.115. The molecule has 0 aliphatic carbocycles. The normalized spacial score (nSPS) is 14.9. The monoisotopic (exact) mass is 374 g/mol. The zero-order valence-corrected chi connectivity index (χ0v) is 15.4. The molecule has 1 aliphatic rings. The number of nitrogens with zero attached hydrogens (tertiary/aromatic N) is 3. The highest BCUT2D eigenvalue weighted by molar-refractivity contribution is 5.88. The Kier molecular flexibility index (Phi) is 5.73. The van der Waals surface area contributed by atoms with Gasteiger partial charge in [0.05, 0.1) is 0 Å². The zero-order valence-electron chi connectivity index (χ0n) is 15.4. The Hall–Kier alpha value is -2.90. The Morgan fingerprint density at radius 2 is 2.04 bits per heavy atom. The van der Waals surface area contributed by atoms with Gasteiger partial charge in [-0.05, 0) is 24.1 Å². The van der Waals surface area contributed by atoms with Crippen molar-refractivity contribution in [1.82, 2.24) is 14.7 Å². The zero-order chi connectivity index (χ0) is 19.4. The summed E-state index contributed by atoms with van der Waals surface area (Å²) in [6.45, 7) is 2.96. The first-order chi connectivity index (χ1) is 13.0. The number of rotatable bonds is 4. The van der Waals surface area contributed by atoms with E-state index in [1.165, 1.54) is 29.9 Å². The summed E-state index contributed by atoms with van der Waals surface area (Å²) in [7, 11) is 1.52. The fourth-order valence-corrected chi connectivity index (χ4v) is 3.01. The number of aromatic nitrogens is 2. The Labute approximate surface area is 156 Å². The molecule has 3 rings (SSSR count). The number of carbonyl (C=O) groups is 1. The summed E-state index contributed by atoms with van der Waals surface area (Å²) in [4.78, 5) is 25.4. The molecule has 1 aromatic carbocycles. The van der Waals surface area contributed by atoms with Crippen molar-refractivity contribution < 1.29 is 13.9 Å². The number of carbonyl (C=O) groups excluding carboxylic acids is 1. The van der Waals surface area contributed by atoms with Crippen LogP contribution in [0, 0.1) is 5.82 Å². The van der Waals surface area contributed by atoms with E-state index in [0.29, 0.717) is 49.5 Å². The lowest BCUT2D eigenvalue weighted by atomic mass is 10.1. The molecule has 0 radical (unpaired) electrons. The second kappa shape index (κ2) is 8.20. The van der Waals surface area contributed by atoms with E-state index in [9.17, 15) is 14.0 Å². The van der Waals surface area contributed by atoms with Crippen molar-refractivity contribution in [2.75, 3.05) is 18.4 Å². The van der Waals surface area contributed by atoms with Crippen LogP contribution in [-0.4, -0.2) is 39.9 Å². The number of nitrogens with one attached hydrogen (secondary N) is 1. The van der Waals surface area contributed by atoms with Crippen molar-refractivity contribution in [3.63, 3.8) is 0 Å². The molecular formula is C19H23FN4O3. The second-order valence-electron chi connectivity index (χ2n) is 6.52. The molecule has 0 unspecified atom stereocenters. The second-order valence-corrected chi connectivity index (χ2v) is 6.52. The van der Waals surface area contributed by atoms with E-state index in [-0.39, 0.29) is 23.5 Å². The van der Waals surface area contributed by atoms with Crippen molar-refractivity contribution >= 4 is 11.8 Å². The van der Waals surface area contributed by atoms with Crippen LogP contribution in [0.1, 0.15) is 25.3 Å². The first kappa shape index (κ1) is 18.9. The minimum Gasteiger partial charge on any atom is -0.490 e. The molecule has 1 fully saturated rings. The Morgan fingerprint density at radius 3 is 2.67 bits per heavy atom. The highest BCUT2D eigenvalue weighted by atomic mass is 19.1. The number of ether oxygens (including phenoxy) is 1. The van der Waals surface area contributed by atoms with Crippen LogP contribution in [0.25, 0.3) is 0 Å². The number of amides is 2. The van der Waals surface area contributed by atoms with Crippen LogP contribution in [0.3, 0.4) is 0 Å². The molecule has 0 saturated carbocycles. The fourth-order valence-electron chi connectivity index (χ4n) is 3.01. The van der Waals surface area contributed by atoms with Crippen molar-refractivity contribution in [3.05, 3.63) is 52.1 Å². The Morgan fingerprint density at radius 1 is 1.30 bits per heavy atom. The molecule has 1 aliphatic heterocycles. The SMILES string of the molecule is CCc1ccc(OC2CCN(C(=O)Nc3ccc(=O)n(C)n3)CC2)cc1F. The molecule has 144 valence electrons. The summed E-state index contributed by atoms with van der Waals surface area (Å²) in [6.07, 6.45) is 1.90. The first-order valence-corrected chi connectivity index (χ1v) is 9.01. The van der Waals surface area contributed by atoms with Crippen LogP contribution in [0.2, 0.25) is 0 Å². The van der Waals surface area contributed by atoms with Gasteiger partial charge in [-0.25, -0.2) is 13.9 Å². The van der Waals surface area contributed by atoms with Gasteiger partial charge in [-0.2, -0.15) is 5.10 Å². The van der Waals surface area contributed by atoms with Gasteiger partial charge in [0.2, 0.25) is 0 Å². The molecule has 1 N–H and O–H groups in total. The van der Waals surface area contributed by atoms with Crippen molar-refractivity contribution in [2.45, 2.75) is 32.3 Å². The van der Waals surface area contributed by atoms with E-state index < -0.39 is 0 Å². The summed E-state index contributed by atoms with van der Waals surface area (Å²) in [5, 5.41) is 6.68. The van der Waals surface area contributed by atoms with Gasteiger partial charge in [-0.1, -0.05) is 13.0 Å². The summed E-state index contributed by atoms with van der Waals surface area (Å²) in [5.74, 6) is 0.588. The number of benzene rings is 1. The molecule has 2 heterocycles. The molecule has 0 spiro atoms. The number of urea groups is 1. The van der Waals surface area contributed by atoms with Crippen molar-refractivity contribution in [3.8, 4) is 5.75 Å². The maximum atomic E-state index is 13.9. The highest BCUT2D eigenvalue weighted by Gasteiger charge is 2.24. The van der Waals surface area contributed by atoms with Crippen LogP contribution < -0.4 is 15.6 Å². The highest BCUT2D eigenvalue weighted by Crippen LogP contribution is 2.22. The quantitative estimate of drug-likeness (QED) is 0.892. The average molecular weight is 374 g/mol. The Balaban J connectivity index is 1.52. The number of halogens is 1. The average Bonchev–Trinajstić information content (AvgIpc) is 2.65. The molecule has 0 bridgehead atoms. The smallest absolute Gasteiger partial charge is 0.323 e. The van der Waals surface area contributed by atoms with Gasteiger partial charge in [0.15, 0.2) is 5.82 Å². The lowest BCUT2D eigenvalue weighted by Crippen LogP contribution is -2.44.